The molecule has 0 unspecified atom stereocenters. The predicted molar refractivity (Wildman–Crippen MR) is 77.3 cm³/mol. The first kappa shape index (κ1) is 12.7. The van der Waals surface area contributed by atoms with E-state index in [0.29, 0.717) is 5.91 Å². The topological polar surface area (TPSA) is 23.6 Å². The average molecular weight is 258 g/mol. The summed E-state index contributed by atoms with van der Waals surface area (Å²) in [4.78, 5) is 17.1. The van der Waals surface area contributed by atoms with Crippen LogP contribution in [0.25, 0.3) is 0 Å². The zero-order valence-electron chi connectivity index (χ0n) is 11.6. The lowest BCUT2D eigenvalue weighted by molar-refractivity contribution is -0.124. The summed E-state index contributed by atoms with van der Waals surface area (Å²) in [6, 6.07) is 8.36. The summed E-state index contributed by atoms with van der Waals surface area (Å²) >= 11 is 0. The van der Waals surface area contributed by atoms with E-state index in [4.69, 9.17) is 0 Å². The molecule has 0 N–H and O–H groups in total. The van der Waals surface area contributed by atoms with Crippen LogP contribution in [-0.2, 0) is 11.2 Å². The summed E-state index contributed by atoms with van der Waals surface area (Å²) in [6.45, 7) is 2.92. The molecule has 2 heterocycles. The number of anilines is 1. The van der Waals surface area contributed by atoms with E-state index in [-0.39, 0.29) is 5.92 Å². The lowest BCUT2D eigenvalue weighted by Crippen LogP contribution is -2.45. The van der Waals surface area contributed by atoms with Gasteiger partial charge in [-0.3, -0.25) is 4.79 Å². The molecule has 1 aromatic carbocycles. The number of rotatable bonds is 1. The van der Waals surface area contributed by atoms with Crippen LogP contribution in [0.1, 0.15) is 24.8 Å². The number of carbonyl (C=O) groups excluding carboxylic acids is 1. The van der Waals surface area contributed by atoms with Gasteiger partial charge in [-0.25, -0.2) is 0 Å². The van der Waals surface area contributed by atoms with Crippen molar-refractivity contribution in [3.05, 3.63) is 29.8 Å². The Bertz CT molecular complexity index is 472. The molecule has 0 aliphatic carbocycles. The van der Waals surface area contributed by atoms with E-state index in [0.717, 1.165) is 51.0 Å². The zero-order chi connectivity index (χ0) is 13.2. The average Bonchev–Trinajstić information content (AvgIpc) is 2.46. The van der Waals surface area contributed by atoms with Gasteiger partial charge in [-0.05, 0) is 50.9 Å². The van der Waals surface area contributed by atoms with Crippen molar-refractivity contribution >= 4 is 11.6 Å². The Hall–Kier alpha value is -1.35. The van der Waals surface area contributed by atoms with E-state index in [1.165, 1.54) is 5.56 Å². The minimum Gasteiger partial charge on any atom is -0.312 e. The van der Waals surface area contributed by atoms with Crippen LogP contribution in [0.4, 0.5) is 5.69 Å². The fourth-order valence-electron chi connectivity index (χ4n) is 3.35. The molecule has 1 fully saturated rings. The maximum Gasteiger partial charge on any atom is 0.231 e. The van der Waals surface area contributed by atoms with E-state index in [1.54, 1.807) is 0 Å². The van der Waals surface area contributed by atoms with E-state index < -0.39 is 0 Å². The molecule has 3 nitrogen and oxygen atoms in total. The van der Waals surface area contributed by atoms with Gasteiger partial charge < -0.3 is 9.80 Å². The number of likely N-dealkylation sites (tertiary alicyclic amines) is 1. The lowest BCUT2D eigenvalue weighted by Gasteiger charge is -2.35. The van der Waals surface area contributed by atoms with Gasteiger partial charge in [0.2, 0.25) is 5.91 Å². The Balaban J connectivity index is 1.81. The number of para-hydroxylation sites is 1. The summed E-state index contributed by atoms with van der Waals surface area (Å²) < 4.78 is 0. The highest BCUT2D eigenvalue weighted by atomic mass is 16.2. The molecule has 1 amide bonds. The van der Waals surface area contributed by atoms with Crippen LogP contribution in [-0.4, -0.2) is 37.5 Å². The molecule has 1 aromatic rings. The number of hydrogen-bond acceptors (Lipinski definition) is 2. The van der Waals surface area contributed by atoms with Gasteiger partial charge >= 0.3 is 0 Å². The fraction of sp³-hybridized carbons (Fsp3) is 0.562. The number of hydrogen-bond donors (Lipinski definition) is 0. The minimum atomic E-state index is 0.185. The largest absolute Gasteiger partial charge is 0.312 e. The summed E-state index contributed by atoms with van der Waals surface area (Å²) in [7, 11) is 2.11. The second kappa shape index (κ2) is 5.33. The third kappa shape index (κ3) is 2.52. The molecule has 0 spiro atoms. The van der Waals surface area contributed by atoms with Crippen molar-refractivity contribution < 1.29 is 4.79 Å². The molecular formula is C16H22N2O. The standard InChI is InChI=1S/C16H22N2O/c1-17-10-4-8-14(12-17)16(19)18-11-5-7-13-6-2-3-9-15(13)18/h2-3,6,9,14H,4-5,7-8,10-12H2,1H3/t14-/m1/s1. The Kier molecular flexibility index (Phi) is 3.56. The van der Waals surface area contributed by atoms with E-state index >= 15 is 0 Å². The van der Waals surface area contributed by atoms with Crippen molar-refractivity contribution in [2.75, 3.05) is 31.6 Å². The lowest BCUT2D eigenvalue weighted by atomic mass is 9.94. The molecule has 19 heavy (non-hydrogen) atoms. The van der Waals surface area contributed by atoms with Crippen molar-refractivity contribution in [1.82, 2.24) is 4.90 Å². The normalized spacial score (nSPS) is 24.1. The van der Waals surface area contributed by atoms with Crippen LogP contribution < -0.4 is 4.90 Å². The summed E-state index contributed by atoms with van der Waals surface area (Å²) in [5.74, 6) is 0.517. The van der Waals surface area contributed by atoms with Crippen molar-refractivity contribution in [3.63, 3.8) is 0 Å². The smallest absolute Gasteiger partial charge is 0.231 e. The second-order valence-corrected chi connectivity index (χ2v) is 5.82. The quantitative estimate of drug-likeness (QED) is 0.771. The van der Waals surface area contributed by atoms with Crippen LogP contribution >= 0.6 is 0 Å². The number of benzene rings is 1. The van der Waals surface area contributed by atoms with Crippen molar-refractivity contribution in [3.8, 4) is 0 Å². The summed E-state index contributed by atoms with van der Waals surface area (Å²) in [5.41, 5.74) is 2.47. The SMILES string of the molecule is CN1CCC[C@@H](C(=O)N2CCCc3ccccc32)C1. The predicted octanol–water partition coefficient (Wildman–Crippen LogP) is 2.31. The van der Waals surface area contributed by atoms with Crippen molar-refractivity contribution in [1.29, 1.82) is 0 Å². The molecule has 0 saturated carbocycles. The third-order valence-corrected chi connectivity index (χ3v) is 4.35. The first-order valence-corrected chi connectivity index (χ1v) is 7.33. The Morgan fingerprint density at radius 1 is 1.21 bits per heavy atom. The second-order valence-electron chi connectivity index (χ2n) is 5.82. The molecule has 3 heteroatoms. The Morgan fingerprint density at radius 2 is 2.05 bits per heavy atom. The first-order chi connectivity index (χ1) is 9.25. The van der Waals surface area contributed by atoms with Gasteiger partial charge in [0.25, 0.3) is 0 Å². The molecule has 0 bridgehead atoms. The number of amides is 1. The van der Waals surface area contributed by atoms with E-state index in [2.05, 4.69) is 30.1 Å². The Morgan fingerprint density at radius 3 is 2.89 bits per heavy atom. The molecule has 2 aliphatic heterocycles. The third-order valence-electron chi connectivity index (χ3n) is 4.35. The van der Waals surface area contributed by atoms with Gasteiger partial charge in [0.05, 0.1) is 5.92 Å². The van der Waals surface area contributed by atoms with Crippen LogP contribution in [0.2, 0.25) is 0 Å². The van der Waals surface area contributed by atoms with Gasteiger partial charge in [-0.1, -0.05) is 18.2 Å². The number of nitrogens with zero attached hydrogens (tertiary/aromatic N) is 2. The molecule has 3 rings (SSSR count). The fourth-order valence-corrected chi connectivity index (χ4v) is 3.35. The molecule has 102 valence electrons. The molecular weight excluding hydrogens is 236 g/mol. The van der Waals surface area contributed by atoms with E-state index in [1.807, 2.05) is 11.0 Å². The highest BCUT2D eigenvalue weighted by molar-refractivity contribution is 5.96. The summed E-state index contributed by atoms with van der Waals surface area (Å²) in [6.07, 6.45) is 4.38. The van der Waals surface area contributed by atoms with Crippen LogP contribution in [0.3, 0.4) is 0 Å². The van der Waals surface area contributed by atoms with Gasteiger partial charge in [-0.15, -0.1) is 0 Å². The first-order valence-electron chi connectivity index (χ1n) is 7.33. The highest BCUT2D eigenvalue weighted by Crippen LogP contribution is 2.29. The molecule has 1 saturated heterocycles. The van der Waals surface area contributed by atoms with Gasteiger partial charge in [0.1, 0.15) is 0 Å². The zero-order valence-corrected chi connectivity index (χ0v) is 11.6. The van der Waals surface area contributed by atoms with Gasteiger partial charge in [0, 0.05) is 18.8 Å². The van der Waals surface area contributed by atoms with Gasteiger partial charge in [-0.2, -0.15) is 0 Å². The monoisotopic (exact) mass is 258 g/mol. The molecule has 1 atom stereocenters. The number of carbonyl (C=O) groups is 1. The van der Waals surface area contributed by atoms with Crippen LogP contribution in [0.15, 0.2) is 24.3 Å². The number of piperidine rings is 1. The van der Waals surface area contributed by atoms with Crippen molar-refractivity contribution in [2.24, 2.45) is 5.92 Å². The minimum absolute atomic E-state index is 0.185. The number of aryl methyl sites for hydroxylation is 1. The summed E-state index contributed by atoms with van der Waals surface area (Å²) in [5, 5.41) is 0. The maximum atomic E-state index is 12.8. The maximum absolute atomic E-state index is 12.8. The molecule has 0 radical (unpaired) electrons. The van der Waals surface area contributed by atoms with Crippen LogP contribution in [0.5, 0.6) is 0 Å². The molecule has 2 aliphatic rings. The van der Waals surface area contributed by atoms with Crippen molar-refractivity contribution in [2.45, 2.75) is 25.7 Å². The number of fused-ring (bicyclic) bond motifs is 1. The van der Waals surface area contributed by atoms with E-state index in [9.17, 15) is 4.79 Å². The van der Waals surface area contributed by atoms with Gasteiger partial charge in [0.15, 0.2) is 0 Å². The highest BCUT2D eigenvalue weighted by Gasteiger charge is 2.30. The Labute approximate surface area is 115 Å². The molecule has 0 aromatic heterocycles. The van der Waals surface area contributed by atoms with Crippen LogP contribution in [0, 0.1) is 5.92 Å².